The van der Waals surface area contributed by atoms with Crippen molar-refractivity contribution < 1.29 is 13.2 Å². The van der Waals surface area contributed by atoms with Gasteiger partial charge in [-0.2, -0.15) is 0 Å². The van der Waals surface area contributed by atoms with Crippen LogP contribution in [0.2, 0.25) is 0 Å². The number of fused-ring (bicyclic) bond motifs is 1. The average molecular weight is 399 g/mol. The summed E-state index contributed by atoms with van der Waals surface area (Å²) in [4.78, 5) is 12.9. The number of benzene rings is 2. The number of hydrogen-bond donors (Lipinski definition) is 2. The summed E-state index contributed by atoms with van der Waals surface area (Å²) in [6.07, 6.45) is 5.95. The highest BCUT2D eigenvalue weighted by Crippen LogP contribution is 2.34. The van der Waals surface area contributed by atoms with Gasteiger partial charge in [0.25, 0.3) is 0 Å². The van der Waals surface area contributed by atoms with Gasteiger partial charge in [0, 0.05) is 17.3 Å². The zero-order chi connectivity index (χ0) is 19.6. The van der Waals surface area contributed by atoms with Crippen molar-refractivity contribution in [3.63, 3.8) is 0 Å². The lowest BCUT2D eigenvalue weighted by Gasteiger charge is -2.27. The molecule has 2 N–H and O–H groups in total. The van der Waals surface area contributed by atoms with Gasteiger partial charge in [-0.05, 0) is 49.1 Å². The highest BCUT2D eigenvalue weighted by molar-refractivity contribution is 7.91. The topological polar surface area (TPSA) is 75.3 Å². The lowest BCUT2D eigenvalue weighted by Crippen LogP contribution is -2.25. The molecule has 0 aromatic heterocycles. The fourth-order valence-electron chi connectivity index (χ4n) is 4.24. The van der Waals surface area contributed by atoms with E-state index >= 15 is 0 Å². The molecule has 28 heavy (non-hydrogen) atoms. The molecule has 2 aromatic carbocycles. The van der Waals surface area contributed by atoms with Gasteiger partial charge < -0.3 is 10.6 Å². The number of nitrogens with one attached hydrogen (secondary N) is 2. The first-order valence-electron chi connectivity index (χ1n) is 10.0. The zero-order valence-corrected chi connectivity index (χ0v) is 16.7. The van der Waals surface area contributed by atoms with Crippen LogP contribution in [0.15, 0.2) is 53.4 Å². The van der Waals surface area contributed by atoms with E-state index < -0.39 is 9.84 Å². The van der Waals surface area contributed by atoms with Crippen LogP contribution in [0.25, 0.3) is 0 Å². The fourth-order valence-corrected chi connectivity index (χ4v) is 5.86. The van der Waals surface area contributed by atoms with E-state index in [0.29, 0.717) is 11.3 Å². The van der Waals surface area contributed by atoms with Crippen molar-refractivity contribution in [1.29, 1.82) is 0 Å². The molecule has 0 saturated heterocycles. The van der Waals surface area contributed by atoms with Crippen LogP contribution in [0.3, 0.4) is 0 Å². The molecule has 4 rings (SSSR count). The molecule has 1 saturated carbocycles. The zero-order valence-electron chi connectivity index (χ0n) is 15.9. The maximum absolute atomic E-state index is 12.5. The van der Waals surface area contributed by atoms with Crippen molar-refractivity contribution in [2.24, 2.45) is 5.92 Å². The molecule has 1 unspecified atom stereocenters. The van der Waals surface area contributed by atoms with E-state index in [1.54, 1.807) is 12.1 Å². The maximum atomic E-state index is 12.5. The van der Waals surface area contributed by atoms with E-state index in [4.69, 9.17) is 0 Å². The molecule has 1 aliphatic heterocycles. The third-order valence-corrected chi connectivity index (χ3v) is 7.57. The Hall–Kier alpha value is -2.34. The monoisotopic (exact) mass is 398 g/mol. The Kier molecular flexibility index (Phi) is 5.40. The molecule has 0 radical (unpaired) electrons. The first-order valence-corrected chi connectivity index (χ1v) is 11.7. The summed E-state index contributed by atoms with van der Waals surface area (Å²) in [5, 5.41) is 6.50. The smallest absolute Gasteiger partial charge is 0.227 e. The highest BCUT2D eigenvalue weighted by atomic mass is 32.2. The van der Waals surface area contributed by atoms with E-state index in [1.165, 1.54) is 6.42 Å². The molecule has 1 fully saturated rings. The van der Waals surface area contributed by atoms with E-state index in [2.05, 4.69) is 10.6 Å². The van der Waals surface area contributed by atoms with Crippen molar-refractivity contribution in [2.45, 2.75) is 49.5 Å². The lowest BCUT2D eigenvalue weighted by atomic mass is 9.88. The van der Waals surface area contributed by atoms with Crippen LogP contribution in [-0.4, -0.2) is 20.1 Å². The minimum absolute atomic E-state index is 0.0657. The molecule has 1 amide bonds. The Morgan fingerprint density at radius 1 is 0.893 bits per heavy atom. The highest BCUT2D eigenvalue weighted by Gasteiger charge is 2.30. The Morgan fingerprint density at radius 2 is 1.64 bits per heavy atom. The summed E-state index contributed by atoms with van der Waals surface area (Å²) >= 11 is 0. The second-order valence-corrected chi connectivity index (χ2v) is 9.82. The number of hydrogen-bond acceptors (Lipinski definition) is 4. The van der Waals surface area contributed by atoms with E-state index in [1.807, 2.05) is 36.4 Å². The molecule has 0 bridgehead atoms. The molecule has 0 spiro atoms. The first kappa shape index (κ1) is 19.0. The van der Waals surface area contributed by atoms with Gasteiger partial charge in [-0.3, -0.25) is 4.79 Å². The molecular weight excluding hydrogens is 372 g/mol. The molecule has 1 atom stereocenters. The average Bonchev–Trinajstić information content (AvgIpc) is 2.71. The van der Waals surface area contributed by atoms with Crippen molar-refractivity contribution >= 4 is 27.1 Å². The van der Waals surface area contributed by atoms with Crippen molar-refractivity contribution in [3.05, 3.63) is 54.1 Å². The van der Waals surface area contributed by atoms with Gasteiger partial charge in [-0.15, -0.1) is 0 Å². The Morgan fingerprint density at radius 3 is 2.46 bits per heavy atom. The van der Waals surface area contributed by atoms with Gasteiger partial charge in [0.05, 0.1) is 16.7 Å². The lowest BCUT2D eigenvalue weighted by molar-refractivity contribution is -0.120. The van der Waals surface area contributed by atoms with Crippen molar-refractivity contribution in [1.82, 2.24) is 0 Å². The summed E-state index contributed by atoms with van der Waals surface area (Å²) in [6.45, 7) is 0. The van der Waals surface area contributed by atoms with Gasteiger partial charge in [0.2, 0.25) is 5.91 Å². The van der Waals surface area contributed by atoms with Gasteiger partial charge in [-0.1, -0.05) is 43.5 Å². The number of amides is 1. The quantitative estimate of drug-likeness (QED) is 0.793. The fraction of sp³-hybridized carbons (Fsp3) is 0.409. The summed E-state index contributed by atoms with van der Waals surface area (Å²) in [5.41, 5.74) is 2.46. The second-order valence-electron chi connectivity index (χ2n) is 7.75. The van der Waals surface area contributed by atoms with Gasteiger partial charge >= 0.3 is 0 Å². The van der Waals surface area contributed by atoms with Crippen molar-refractivity contribution in [2.75, 3.05) is 16.4 Å². The summed E-state index contributed by atoms with van der Waals surface area (Å²) < 4.78 is 24.6. The minimum atomic E-state index is -3.20. The van der Waals surface area contributed by atoms with Crippen LogP contribution < -0.4 is 10.6 Å². The van der Waals surface area contributed by atoms with E-state index in [0.717, 1.165) is 42.6 Å². The first-order chi connectivity index (χ1) is 13.5. The summed E-state index contributed by atoms with van der Waals surface area (Å²) in [7, 11) is -3.20. The summed E-state index contributed by atoms with van der Waals surface area (Å²) in [6, 6.07) is 14.8. The summed E-state index contributed by atoms with van der Waals surface area (Å²) in [5.74, 6) is 0.353. The third-order valence-electron chi connectivity index (χ3n) is 5.75. The van der Waals surface area contributed by atoms with Crippen LogP contribution >= 0.6 is 0 Å². The molecule has 2 aliphatic rings. The standard InChI is InChI=1S/C22H26N2O3S/c25-22(16-7-2-1-3-8-16)24-18-10-6-9-17(15-18)23-20-13-14-28(26,27)21-12-5-4-11-19(20)21/h4-6,9-12,15-16,20,23H,1-3,7-8,13-14H2,(H,24,25). The largest absolute Gasteiger partial charge is 0.378 e. The Bertz CT molecular complexity index is 965. The van der Waals surface area contributed by atoms with Crippen LogP contribution in [-0.2, 0) is 14.6 Å². The number of anilines is 2. The number of sulfone groups is 1. The SMILES string of the molecule is O=C(Nc1cccc(NC2CCS(=O)(=O)c3ccccc32)c1)C1CCCCC1. The van der Waals surface area contributed by atoms with Crippen LogP contribution in [0, 0.1) is 5.92 Å². The van der Waals surface area contributed by atoms with Gasteiger partial charge in [0.15, 0.2) is 9.84 Å². The number of carbonyl (C=O) groups excluding carboxylic acids is 1. The number of rotatable bonds is 4. The van der Waals surface area contributed by atoms with Gasteiger partial charge in [0.1, 0.15) is 0 Å². The molecule has 5 nitrogen and oxygen atoms in total. The van der Waals surface area contributed by atoms with Crippen LogP contribution in [0.5, 0.6) is 0 Å². The maximum Gasteiger partial charge on any atom is 0.227 e. The second kappa shape index (κ2) is 7.95. The molecule has 1 aliphatic carbocycles. The minimum Gasteiger partial charge on any atom is -0.378 e. The third kappa shape index (κ3) is 4.07. The van der Waals surface area contributed by atoms with Gasteiger partial charge in [-0.25, -0.2) is 8.42 Å². The predicted molar refractivity (Wildman–Crippen MR) is 111 cm³/mol. The van der Waals surface area contributed by atoms with E-state index in [-0.39, 0.29) is 23.6 Å². The molecular formula is C22H26N2O3S. The Labute approximate surface area is 166 Å². The predicted octanol–water partition coefficient (Wildman–Crippen LogP) is 4.54. The molecule has 2 aromatic rings. The number of carbonyl (C=O) groups is 1. The molecule has 6 heteroatoms. The van der Waals surface area contributed by atoms with E-state index in [9.17, 15) is 13.2 Å². The molecule has 148 valence electrons. The molecule has 1 heterocycles. The van der Waals surface area contributed by atoms with Crippen LogP contribution in [0.4, 0.5) is 11.4 Å². The van der Waals surface area contributed by atoms with Crippen molar-refractivity contribution in [3.8, 4) is 0 Å². The van der Waals surface area contributed by atoms with Crippen LogP contribution in [0.1, 0.15) is 50.1 Å². The normalized spacial score (nSPS) is 21.5. The Balaban J connectivity index is 1.49.